The van der Waals surface area contributed by atoms with Crippen molar-refractivity contribution in [3.63, 3.8) is 0 Å². The van der Waals surface area contributed by atoms with Gasteiger partial charge in [0.2, 0.25) is 0 Å². The Morgan fingerprint density at radius 1 is 1.20 bits per heavy atom. The predicted octanol–water partition coefficient (Wildman–Crippen LogP) is 5.65. The number of hydrogen-bond acceptors (Lipinski definition) is 6. The first-order valence-electron chi connectivity index (χ1n) is 15.5. The number of ether oxygens (including phenoxy) is 2. The van der Waals surface area contributed by atoms with Gasteiger partial charge in [0, 0.05) is 38.5 Å². The Labute approximate surface area is 256 Å². The quantitative estimate of drug-likeness (QED) is 0.251. The number of amides is 2. The Morgan fingerprint density at radius 2 is 2.00 bits per heavy atom. The summed E-state index contributed by atoms with van der Waals surface area (Å²) >= 11 is 0. The molecule has 0 bridgehead atoms. The van der Waals surface area contributed by atoms with Crippen LogP contribution >= 0.6 is 0 Å². The van der Waals surface area contributed by atoms with Crippen molar-refractivity contribution in [2.75, 3.05) is 26.4 Å². The lowest BCUT2D eigenvalue weighted by Crippen LogP contribution is -2.50. The highest BCUT2D eigenvalue weighted by Gasteiger charge is 2.31. The Hall–Kier alpha value is -4.15. The first-order valence-corrected chi connectivity index (χ1v) is 15.5. The van der Waals surface area contributed by atoms with Gasteiger partial charge < -0.3 is 28.8 Å². The van der Waals surface area contributed by atoms with Crippen molar-refractivity contribution < 1.29 is 23.5 Å². The number of nitrogens with one attached hydrogen (secondary N) is 1. The van der Waals surface area contributed by atoms with Gasteiger partial charge in [-0.1, -0.05) is 19.1 Å². The number of pyridine rings is 1. The van der Waals surface area contributed by atoms with Crippen molar-refractivity contribution in [2.45, 2.75) is 71.6 Å². The maximum Gasteiger partial charge on any atom is 0.408 e. The Morgan fingerprint density at radius 3 is 2.70 bits per heavy atom. The Balaban J connectivity index is 1.32. The lowest BCUT2D eigenvalue weighted by molar-refractivity contribution is 0.0465. The molecule has 2 aliphatic rings. The number of benzene rings is 1. The minimum Gasteiger partial charge on any atom is -0.491 e. The summed E-state index contributed by atoms with van der Waals surface area (Å²) in [7, 11) is 1.96. The second-order valence-electron chi connectivity index (χ2n) is 12.9. The number of nitrogens with zero attached hydrogens (tertiary/aromatic N) is 5. The third-order valence-electron chi connectivity index (χ3n) is 8.12. The summed E-state index contributed by atoms with van der Waals surface area (Å²) in [5.74, 6) is 2.03. The molecular formula is C33H41FN6O4. The average Bonchev–Trinajstić information content (AvgIpc) is 3.65. The predicted molar refractivity (Wildman–Crippen MR) is 167 cm³/mol. The molecule has 1 aromatic carbocycles. The van der Waals surface area contributed by atoms with E-state index in [0.29, 0.717) is 47.9 Å². The summed E-state index contributed by atoms with van der Waals surface area (Å²) in [6.45, 7) is 8.45. The number of hydrogen-bond donors (Lipinski definition) is 1. The molecule has 0 unspecified atom stereocenters. The molecule has 1 atom stereocenters. The van der Waals surface area contributed by atoms with Crippen LogP contribution in [-0.4, -0.2) is 74.0 Å². The van der Waals surface area contributed by atoms with Crippen LogP contribution in [0.15, 0.2) is 30.3 Å². The standard InChI is InChI=1S/C33H41FN6O4/c1-6-14-43-27-9-7-8-21-15-26(40(28(21)27)18-20-10-11-20)30-37-25-16-23-24(36-29(25)38(30)5)12-13-39(31(23)41)19-22(17-34)35-32(42)44-33(2,3)4/h7-9,15-16,20,22H,6,10-14,17-19H2,1-5H3,(H,35,42)/t22-/m1/s1. The van der Waals surface area contributed by atoms with Crippen LogP contribution in [0.25, 0.3) is 33.6 Å². The highest BCUT2D eigenvalue weighted by atomic mass is 19.1. The maximum atomic E-state index is 13.9. The minimum absolute atomic E-state index is 0.0310. The van der Waals surface area contributed by atoms with Crippen molar-refractivity contribution in [3.05, 3.63) is 41.6 Å². The molecule has 1 aliphatic carbocycles. The molecule has 11 heteroatoms. The number of alkyl halides is 1. The summed E-state index contributed by atoms with van der Waals surface area (Å²) < 4.78 is 29.6. The summed E-state index contributed by atoms with van der Waals surface area (Å²) in [4.78, 5) is 37.3. The van der Waals surface area contributed by atoms with Crippen molar-refractivity contribution in [3.8, 4) is 17.3 Å². The monoisotopic (exact) mass is 604 g/mol. The molecule has 3 aromatic heterocycles. The van der Waals surface area contributed by atoms with Gasteiger partial charge in [-0.25, -0.2) is 19.2 Å². The van der Waals surface area contributed by atoms with Gasteiger partial charge in [-0.3, -0.25) is 4.79 Å². The molecule has 1 aliphatic heterocycles. The fraction of sp³-hybridized carbons (Fsp3) is 0.515. The zero-order valence-corrected chi connectivity index (χ0v) is 26.2. The topological polar surface area (TPSA) is 104 Å². The van der Waals surface area contributed by atoms with Crippen LogP contribution < -0.4 is 10.1 Å². The smallest absolute Gasteiger partial charge is 0.408 e. The number of aromatic nitrogens is 4. The van der Waals surface area contributed by atoms with Gasteiger partial charge in [0.05, 0.1) is 35.1 Å². The molecule has 0 radical (unpaired) electrons. The summed E-state index contributed by atoms with van der Waals surface area (Å²) in [6, 6.07) is 9.24. The largest absolute Gasteiger partial charge is 0.491 e. The van der Waals surface area contributed by atoms with E-state index in [2.05, 4.69) is 28.9 Å². The Kier molecular flexibility index (Phi) is 7.98. The van der Waals surface area contributed by atoms with Crippen molar-refractivity contribution >= 4 is 34.1 Å². The van der Waals surface area contributed by atoms with E-state index in [1.807, 2.05) is 23.7 Å². The third-order valence-corrected chi connectivity index (χ3v) is 8.12. The van der Waals surface area contributed by atoms with E-state index < -0.39 is 24.4 Å². The van der Waals surface area contributed by atoms with E-state index in [4.69, 9.17) is 19.4 Å². The van der Waals surface area contributed by atoms with Crippen LogP contribution in [0.5, 0.6) is 5.75 Å². The third kappa shape index (κ3) is 5.96. The second kappa shape index (κ2) is 11.7. The SMILES string of the molecule is CCCOc1cccc2cc(-c3nc4cc5c(nc4n3C)CCN(C[C@@H](CF)NC(=O)OC(C)(C)C)C5=O)n(CC3CC3)c12. The summed E-state index contributed by atoms with van der Waals surface area (Å²) in [5.41, 5.74) is 3.84. The molecular weight excluding hydrogens is 563 g/mol. The molecule has 1 saturated carbocycles. The van der Waals surface area contributed by atoms with E-state index in [1.54, 1.807) is 31.7 Å². The Bertz CT molecular complexity index is 1720. The first-order chi connectivity index (χ1) is 21.1. The van der Waals surface area contributed by atoms with Crippen LogP contribution in [0, 0.1) is 5.92 Å². The van der Waals surface area contributed by atoms with Gasteiger partial charge >= 0.3 is 6.09 Å². The van der Waals surface area contributed by atoms with Gasteiger partial charge in [0.15, 0.2) is 11.5 Å². The summed E-state index contributed by atoms with van der Waals surface area (Å²) in [6.07, 6.45) is 3.16. The molecule has 6 rings (SSSR count). The van der Waals surface area contributed by atoms with Crippen molar-refractivity contribution in [1.29, 1.82) is 0 Å². The number of alkyl carbamates (subject to hydrolysis) is 1. The van der Waals surface area contributed by atoms with Gasteiger partial charge in [-0.15, -0.1) is 0 Å². The number of rotatable bonds is 10. The highest BCUT2D eigenvalue weighted by Crippen LogP contribution is 2.39. The summed E-state index contributed by atoms with van der Waals surface area (Å²) in [5, 5.41) is 3.65. The fourth-order valence-electron chi connectivity index (χ4n) is 5.87. The van der Waals surface area contributed by atoms with Gasteiger partial charge in [0.1, 0.15) is 23.5 Å². The number of carbonyl (C=O) groups is 2. The molecule has 44 heavy (non-hydrogen) atoms. The lowest BCUT2D eigenvalue weighted by atomic mass is 10.0. The number of imidazole rings is 1. The molecule has 10 nitrogen and oxygen atoms in total. The molecule has 1 N–H and O–H groups in total. The number of aryl methyl sites for hydroxylation is 1. The van der Waals surface area contributed by atoms with Crippen LogP contribution in [0.2, 0.25) is 0 Å². The number of fused-ring (bicyclic) bond motifs is 3. The van der Waals surface area contributed by atoms with Crippen molar-refractivity contribution in [2.24, 2.45) is 13.0 Å². The van der Waals surface area contributed by atoms with E-state index in [-0.39, 0.29) is 12.5 Å². The highest BCUT2D eigenvalue weighted by molar-refractivity contribution is 5.99. The second-order valence-corrected chi connectivity index (χ2v) is 12.9. The molecule has 2 amide bonds. The molecule has 1 fully saturated rings. The van der Waals surface area contributed by atoms with Gasteiger partial charge in [0.25, 0.3) is 5.91 Å². The van der Waals surface area contributed by atoms with Crippen LogP contribution in [0.3, 0.4) is 0 Å². The molecule has 4 heterocycles. The van der Waals surface area contributed by atoms with Gasteiger partial charge in [-0.2, -0.15) is 0 Å². The molecule has 0 spiro atoms. The molecule has 0 saturated heterocycles. The number of para-hydroxylation sites is 1. The van der Waals surface area contributed by atoms with E-state index >= 15 is 0 Å². The minimum atomic E-state index is -0.881. The van der Waals surface area contributed by atoms with E-state index in [0.717, 1.165) is 41.1 Å². The maximum absolute atomic E-state index is 13.9. The average molecular weight is 605 g/mol. The zero-order chi connectivity index (χ0) is 31.2. The number of halogens is 1. The van der Waals surface area contributed by atoms with Crippen LogP contribution in [0.4, 0.5) is 9.18 Å². The fourth-order valence-corrected chi connectivity index (χ4v) is 5.87. The molecule has 4 aromatic rings. The van der Waals surface area contributed by atoms with Gasteiger partial charge in [-0.05, 0) is 64.2 Å². The van der Waals surface area contributed by atoms with Crippen LogP contribution in [0.1, 0.15) is 63.0 Å². The zero-order valence-electron chi connectivity index (χ0n) is 26.2. The van der Waals surface area contributed by atoms with Crippen LogP contribution in [-0.2, 0) is 24.8 Å². The molecule has 234 valence electrons. The van der Waals surface area contributed by atoms with Crippen molar-refractivity contribution in [1.82, 2.24) is 29.3 Å². The lowest BCUT2D eigenvalue weighted by Gasteiger charge is -2.31. The normalized spacial score (nSPS) is 16.0. The van der Waals surface area contributed by atoms with E-state index in [9.17, 15) is 14.0 Å². The van der Waals surface area contributed by atoms with E-state index in [1.165, 1.54) is 12.8 Å². The first kappa shape index (κ1) is 29.9. The number of carbonyl (C=O) groups excluding carboxylic acids is 2.